The molecule has 0 spiro atoms. The Morgan fingerprint density at radius 2 is 2.00 bits per heavy atom. The Bertz CT molecular complexity index is 334. The van der Waals surface area contributed by atoms with E-state index in [-0.39, 0.29) is 12.6 Å². The number of benzene rings is 1. The van der Waals surface area contributed by atoms with Crippen LogP contribution in [-0.4, -0.2) is 13.9 Å². The minimum absolute atomic E-state index is 0.153. The molecule has 84 valence electrons. The topological polar surface area (TPSA) is 18.5 Å². The van der Waals surface area contributed by atoms with Crippen molar-refractivity contribution in [2.45, 2.75) is 26.4 Å². The highest BCUT2D eigenvalue weighted by Gasteiger charge is 2.24. The van der Waals surface area contributed by atoms with Gasteiger partial charge in [0, 0.05) is 12.7 Å². The van der Waals surface area contributed by atoms with Crippen LogP contribution in [0.15, 0.2) is 18.2 Å². The summed E-state index contributed by atoms with van der Waals surface area (Å²) in [4.78, 5) is 0. The van der Waals surface area contributed by atoms with Crippen molar-refractivity contribution in [3.63, 3.8) is 0 Å². The van der Waals surface area contributed by atoms with E-state index in [2.05, 4.69) is 0 Å². The van der Waals surface area contributed by atoms with Crippen LogP contribution in [0.2, 0.25) is 0 Å². The van der Waals surface area contributed by atoms with Gasteiger partial charge in [-0.05, 0) is 32.4 Å². The molecule has 0 aromatic heterocycles. The van der Waals surface area contributed by atoms with Crippen molar-refractivity contribution in [2.24, 2.45) is 0 Å². The Labute approximate surface area is 90.0 Å². The average molecular weight is 212 g/mol. The predicted octanol–water partition coefficient (Wildman–Crippen LogP) is 2.99. The van der Waals surface area contributed by atoms with Crippen LogP contribution < -0.4 is 0 Å². The van der Waals surface area contributed by atoms with Gasteiger partial charge in [-0.15, -0.1) is 0 Å². The zero-order valence-electron chi connectivity index (χ0n) is 9.63. The van der Waals surface area contributed by atoms with Gasteiger partial charge in [-0.3, -0.25) is 0 Å². The van der Waals surface area contributed by atoms with Gasteiger partial charge in [0.15, 0.2) is 0 Å². The van der Waals surface area contributed by atoms with Crippen molar-refractivity contribution < 1.29 is 13.9 Å². The van der Waals surface area contributed by atoms with E-state index in [4.69, 9.17) is 9.47 Å². The highest BCUT2D eigenvalue weighted by molar-refractivity contribution is 5.27. The van der Waals surface area contributed by atoms with Gasteiger partial charge in [0.2, 0.25) is 0 Å². The molecule has 0 unspecified atom stereocenters. The minimum atomic E-state index is -0.673. The van der Waals surface area contributed by atoms with E-state index in [9.17, 15) is 4.39 Å². The van der Waals surface area contributed by atoms with Gasteiger partial charge in [0.25, 0.3) is 0 Å². The number of aryl methyl sites for hydroxylation is 1. The number of ether oxygens (including phenoxy) is 2. The molecule has 0 aliphatic rings. The smallest absolute Gasteiger partial charge is 0.147 e. The third-order valence-electron chi connectivity index (χ3n) is 2.31. The van der Waals surface area contributed by atoms with Gasteiger partial charge >= 0.3 is 0 Å². The number of rotatable bonds is 4. The molecule has 0 amide bonds. The third kappa shape index (κ3) is 3.01. The van der Waals surface area contributed by atoms with Gasteiger partial charge < -0.3 is 9.47 Å². The normalized spacial score (nSPS) is 11.8. The number of hydrogen-bond donors (Lipinski definition) is 0. The highest BCUT2D eigenvalue weighted by Crippen LogP contribution is 2.27. The lowest BCUT2D eigenvalue weighted by molar-refractivity contribution is -0.119. The van der Waals surface area contributed by atoms with Crippen LogP contribution in [0.1, 0.15) is 25.0 Å². The Balaban J connectivity index is 2.93. The second-order valence-electron chi connectivity index (χ2n) is 4.04. The predicted molar refractivity (Wildman–Crippen MR) is 57.1 cm³/mol. The molecule has 0 radical (unpaired) electrons. The van der Waals surface area contributed by atoms with Crippen molar-refractivity contribution in [2.75, 3.05) is 13.9 Å². The fraction of sp³-hybridized carbons (Fsp3) is 0.500. The molecule has 15 heavy (non-hydrogen) atoms. The van der Waals surface area contributed by atoms with Crippen LogP contribution in [0.25, 0.3) is 0 Å². The molecule has 0 fully saturated rings. The minimum Gasteiger partial charge on any atom is -0.359 e. The molecular weight excluding hydrogens is 195 g/mol. The van der Waals surface area contributed by atoms with Gasteiger partial charge in [0.1, 0.15) is 12.6 Å². The second kappa shape index (κ2) is 4.73. The van der Waals surface area contributed by atoms with Crippen LogP contribution in [0.4, 0.5) is 4.39 Å². The second-order valence-corrected chi connectivity index (χ2v) is 4.04. The fourth-order valence-corrected chi connectivity index (χ4v) is 1.39. The summed E-state index contributed by atoms with van der Waals surface area (Å²) in [6.07, 6.45) is 0. The first-order chi connectivity index (χ1) is 6.97. The lowest BCUT2D eigenvalue weighted by atomic mass is 9.96. The first-order valence-corrected chi connectivity index (χ1v) is 4.87. The molecule has 1 rings (SSSR count). The highest BCUT2D eigenvalue weighted by atomic mass is 19.1. The van der Waals surface area contributed by atoms with E-state index in [1.54, 1.807) is 13.2 Å². The summed E-state index contributed by atoms with van der Waals surface area (Å²) < 4.78 is 23.9. The first kappa shape index (κ1) is 12.1. The molecule has 1 aromatic carbocycles. The Morgan fingerprint density at radius 3 is 2.53 bits per heavy atom. The van der Waals surface area contributed by atoms with Crippen molar-refractivity contribution >= 4 is 0 Å². The lowest BCUT2D eigenvalue weighted by Crippen LogP contribution is -2.24. The van der Waals surface area contributed by atoms with Crippen LogP contribution >= 0.6 is 0 Å². The summed E-state index contributed by atoms with van der Waals surface area (Å²) in [5.74, 6) is -0.240. The fourth-order valence-electron chi connectivity index (χ4n) is 1.39. The standard InChI is InChI=1S/C12H17FO2/c1-9-5-6-10(11(13)7-9)12(2,3)15-8-14-4/h5-7H,8H2,1-4H3. The quantitative estimate of drug-likeness (QED) is 0.714. The van der Waals surface area contributed by atoms with Crippen LogP contribution in [0, 0.1) is 12.7 Å². The number of methoxy groups -OCH3 is 1. The van der Waals surface area contributed by atoms with E-state index >= 15 is 0 Å². The Hall–Kier alpha value is -0.930. The summed E-state index contributed by atoms with van der Waals surface area (Å²) >= 11 is 0. The SMILES string of the molecule is COCOC(C)(C)c1ccc(C)cc1F. The Morgan fingerprint density at radius 1 is 1.33 bits per heavy atom. The molecule has 0 heterocycles. The maximum absolute atomic E-state index is 13.7. The lowest BCUT2D eigenvalue weighted by Gasteiger charge is -2.25. The summed E-state index contributed by atoms with van der Waals surface area (Å²) in [6.45, 7) is 5.65. The molecule has 0 atom stereocenters. The van der Waals surface area contributed by atoms with E-state index in [1.165, 1.54) is 6.07 Å². The monoisotopic (exact) mass is 212 g/mol. The molecule has 2 nitrogen and oxygen atoms in total. The largest absolute Gasteiger partial charge is 0.359 e. The molecular formula is C12H17FO2. The third-order valence-corrected chi connectivity index (χ3v) is 2.31. The van der Waals surface area contributed by atoms with Crippen molar-refractivity contribution in [1.82, 2.24) is 0 Å². The van der Waals surface area contributed by atoms with Crippen LogP contribution in [0.3, 0.4) is 0 Å². The van der Waals surface area contributed by atoms with Crippen molar-refractivity contribution in [1.29, 1.82) is 0 Å². The number of halogens is 1. The maximum atomic E-state index is 13.7. The summed E-state index contributed by atoms with van der Waals surface area (Å²) in [7, 11) is 1.54. The zero-order valence-corrected chi connectivity index (χ0v) is 9.63. The maximum Gasteiger partial charge on any atom is 0.147 e. The van der Waals surface area contributed by atoms with Gasteiger partial charge in [-0.1, -0.05) is 12.1 Å². The van der Waals surface area contributed by atoms with Crippen molar-refractivity contribution in [3.8, 4) is 0 Å². The van der Waals surface area contributed by atoms with Crippen molar-refractivity contribution in [3.05, 3.63) is 35.1 Å². The average Bonchev–Trinajstić information content (AvgIpc) is 2.14. The summed E-state index contributed by atoms with van der Waals surface area (Å²) in [5, 5.41) is 0. The van der Waals surface area contributed by atoms with E-state index in [1.807, 2.05) is 26.8 Å². The molecule has 0 saturated carbocycles. The van der Waals surface area contributed by atoms with Gasteiger partial charge in [-0.2, -0.15) is 0 Å². The zero-order chi connectivity index (χ0) is 11.5. The van der Waals surface area contributed by atoms with E-state index in [0.29, 0.717) is 5.56 Å². The summed E-state index contributed by atoms with van der Waals surface area (Å²) in [6, 6.07) is 5.13. The molecule has 0 aliphatic carbocycles. The Kier molecular flexibility index (Phi) is 3.83. The van der Waals surface area contributed by atoms with E-state index in [0.717, 1.165) is 5.56 Å². The first-order valence-electron chi connectivity index (χ1n) is 4.87. The molecule has 0 N–H and O–H groups in total. The molecule has 0 saturated heterocycles. The van der Waals surface area contributed by atoms with Gasteiger partial charge in [0.05, 0.1) is 5.60 Å². The molecule has 0 bridgehead atoms. The summed E-state index contributed by atoms with van der Waals surface area (Å²) in [5.41, 5.74) is 0.775. The molecule has 1 aromatic rings. The van der Waals surface area contributed by atoms with Crippen LogP contribution in [0.5, 0.6) is 0 Å². The number of hydrogen-bond acceptors (Lipinski definition) is 2. The van der Waals surface area contributed by atoms with E-state index < -0.39 is 5.60 Å². The molecule has 3 heteroatoms. The van der Waals surface area contributed by atoms with Crippen LogP contribution in [-0.2, 0) is 15.1 Å². The van der Waals surface area contributed by atoms with Gasteiger partial charge in [-0.25, -0.2) is 4.39 Å². The molecule has 0 aliphatic heterocycles.